The van der Waals surface area contributed by atoms with Crippen LogP contribution in [0.5, 0.6) is 0 Å². The maximum absolute atomic E-state index is 12.4. The average molecular weight is 293 g/mol. The van der Waals surface area contributed by atoms with E-state index in [0.717, 1.165) is 42.4 Å². The van der Waals surface area contributed by atoms with Crippen molar-refractivity contribution < 1.29 is 4.79 Å². The van der Waals surface area contributed by atoms with Crippen LogP contribution < -0.4 is 0 Å². The third-order valence-corrected chi connectivity index (χ3v) is 5.60. The third-order valence-electron chi connectivity index (χ3n) is 4.60. The van der Waals surface area contributed by atoms with Crippen LogP contribution in [0.2, 0.25) is 0 Å². The van der Waals surface area contributed by atoms with Crippen LogP contribution in [0.3, 0.4) is 0 Å². The third kappa shape index (κ3) is 3.19. The van der Waals surface area contributed by atoms with Gasteiger partial charge in [-0.25, -0.2) is 0 Å². The topological polar surface area (TPSA) is 46.1 Å². The van der Waals surface area contributed by atoms with Gasteiger partial charge in [0.1, 0.15) is 10.0 Å². The number of amides is 1. The first kappa shape index (κ1) is 14.0. The number of carbonyl (C=O) groups excluding carboxylic acids is 1. The molecule has 20 heavy (non-hydrogen) atoms. The number of hydrogen-bond acceptors (Lipinski definition) is 4. The van der Waals surface area contributed by atoms with Crippen molar-refractivity contribution in [1.82, 2.24) is 15.1 Å². The van der Waals surface area contributed by atoms with E-state index < -0.39 is 0 Å². The SMILES string of the molecule is Cc1nnc([C@H]2CCCN(C(=O)CC3CCCC3)C2)s1. The summed E-state index contributed by atoms with van der Waals surface area (Å²) in [6.07, 6.45) is 8.12. The van der Waals surface area contributed by atoms with Gasteiger partial charge in [-0.15, -0.1) is 21.5 Å². The van der Waals surface area contributed by atoms with E-state index in [-0.39, 0.29) is 0 Å². The molecular formula is C15H23N3OS. The molecule has 1 amide bonds. The van der Waals surface area contributed by atoms with E-state index in [4.69, 9.17) is 0 Å². The number of carbonyl (C=O) groups is 1. The molecule has 110 valence electrons. The van der Waals surface area contributed by atoms with Gasteiger partial charge in [-0.2, -0.15) is 0 Å². The highest BCUT2D eigenvalue weighted by Gasteiger charge is 2.28. The summed E-state index contributed by atoms with van der Waals surface area (Å²) in [5, 5.41) is 10.5. The predicted octanol–water partition coefficient (Wildman–Crippen LogP) is 3.13. The van der Waals surface area contributed by atoms with Crippen LogP contribution in [0.1, 0.15) is 60.9 Å². The Morgan fingerprint density at radius 1 is 1.25 bits per heavy atom. The lowest BCUT2D eigenvalue weighted by Crippen LogP contribution is -2.39. The molecule has 0 spiro atoms. The van der Waals surface area contributed by atoms with Crippen LogP contribution in [-0.4, -0.2) is 34.1 Å². The van der Waals surface area contributed by atoms with Crippen molar-refractivity contribution >= 4 is 17.2 Å². The van der Waals surface area contributed by atoms with Gasteiger partial charge in [0, 0.05) is 25.4 Å². The molecule has 2 heterocycles. The van der Waals surface area contributed by atoms with Crippen molar-refractivity contribution in [1.29, 1.82) is 0 Å². The van der Waals surface area contributed by atoms with E-state index in [1.807, 2.05) is 6.92 Å². The number of piperidine rings is 1. The molecule has 5 heteroatoms. The van der Waals surface area contributed by atoms with Crippen molar-refractivity contribution in [2.75, 3.05) is 13.1 Å². The Bertz CT molecular complexity index is 467. The summed E-state index contributed by atoms with van der Waals surface area (Å²) in [5.41, 5.74) is 0. The summed E-state index contributed by atoms with van der Waals surface area (Å²) in [6, 6.07) is 0. The molecule has 2 fully saturated rings. The number of aryl methyl sites for hydroxylation is 1. The van der Waals surface area contributed by atoms with Gasteiger partial charge in [-0.05, 0) is 38.5 Å². The second-order valence-electron chi connectivity index (χ2n) is 6.19. The second kappa shape index (κ2) is 6.20. The zero-order valence-corrected chi connectivity index (χ0v) is 13.0. The fourth-order valence-corrected chi connectivity index (χ4v) is 4.30. The molecule has 1 aliphatic carbocycles. The van der Waals surface area contributed by atoms with Gasteiger partial charge in [0.2, 0.25) is 5.91 Å². The lowest BCUT2D eigenvalue weighted by atomic mass is 9.97. The maximum atomic E-state index is 12.4. The number of rotatable bonds is 3. The maximum Gasteiger partial charge on any atom is 0.222 e. The molecule has 2 aliphatic rings. The van der Waals surface area contributed by atoms with E-state index in [1.54, 1.807) is 11.3 Å². The summed E-state index contributed by atoms with van der Waals surface area (Å²) in [7, 11) is 0. The number of aromatic nitrogens is 2. The van der Waals surface area contributed by atoms with Crippen LogP contribution in [0.4, 0.5) is 0 Å². The Hall–Kier alpha value is -0.970. The molecule has 0 bridgehead atoms. The van der Waals surface area contributed by atoms with Crippen LogP contribution in [0, 0.1) is 12.8 Å². The molecule has 1 atom stereocenters. The first-order chi connectivity index (χ1) is 9.72. The zero-order chi connectivity index (χ0) is 13.9. The standard InChI is InChI=1S/C15H23N3OS/c1-11-16-17-15(20-11)13-7-4-8-18(10-13)14(19)9-12-5-2-3-6-12/h12-13H,2-10H2,1H3/t13-/m0/s1. The highest BCUT2D eigenvalue weighted by atomic mass is 32.1. The molecule has 4 nitrogen and oxygen atoms in total. The molecule has 3 rings (SSSR count). The molecule has 1 saturated heterocycles. The lowest BCUT2D eigenvalue weighted by molar-refractivity contribution is -0.133. The molecule has 0 aromatic carbocycles. The van der Waals surface area contributed by atoms with Gasteiger partial charge in [-0.3, -0.25) is 4.79 Å². The van der Waals surface area contributed by atoms with E-state index in [2.05, 4.69) is 15.1 Å². The summed E-state index contributed by atoms with van der Waals surface area (Å²) in [6.45, 7) is 3.77. The summed E-state index contributed by atoms with van der Waals surface area (Å²) in [4.78, 5) is 14.5. The predicted molar refractivity (Wildman–Crippen MR) is 79.8 cm³/mol. The van der Waals surface area contributed by atoms with Gasteiger partial charge < -0.3 is 4.90 Å². The van der Waals surface area contributed by atoms with Crippen LogP contribution >= 0.6 is 11.3 Å². The fourth-order valence-electron chi connectivity index (χ4n) is 3.47. The molecule has 1 aromatic heterocycles. The van der Waals surface area contributed by atoms with E-state index in [1.165, 1.54) is 25.7 Å². The summed E-state index contributed by atoms with van der Waals surface area (Å²) >= 11 is 1.68. The van der Waals surface area contributed by atoms with Crippen LogP contribution in [0.15, 0.2) is 0 Å². The lowest BCUT2D eigenvalue weighted by Gasteiger charge is -2.32. The first-order valence-corrected chi connectivity index (χ1v) is 8.62. The van der Waals surface area contributed by atoms with Gasteiger partial charge in [-0.1, -0.05) is 12.8 Å². The van der Waals surface area contributed by atoms with E-state index in [9.17, 15) is 4.79 Å². The Balaban J connectivity index is 1.58. The highest BCUT2D eigenvalue weighted by Crippen LogP contribution is 2.31. The molecule has 0 N–H and O–H groups in total. The fraction of sp³-hybridized carbons (Fsp3) is 0.800. The molecule has 1 aliphatic heterocycles. The van der Waals surface area contributed by atoms with E-state index >= 15 is 0 Å². The van der Waals surface area contributed by atoms with Crippen LogP contribution in [0.25, 0.3) is 0 Å². The highest BCUT2D eigenvalue weighted by molar-refractivity contribution is 7.11. The average Bonchev–Trinajstić information content (AvgIpc) is 3.10. The van der Waals surface area contributed by atoms with Gasteiger partial charge in [0.25, 0.3) is 0 Å². The van der Waals surface area contributed by atoms with Crippen molar-refractivity contribution in [3.8, 4) is 0 Å². The quantitative estimate of drug-likeness (QED) is 0.860. The Labute approximate surface area is 124 Å². The molecule has 1 aromatic rings. The monoisotopic (exact) mass is 293 g/mol. The molecule has 0 radical (unpaired) electrons. The minimum absolute atomic E-state index is 0.364. The summed E-state index contributed by atoms with van der Waals surface area (Å²) in [5.74, 6) is 1.41. The van der Waals surface area contributed by atoms with Crippen molar-refractivity contribution in [3.05, 3.63) is 10.0 Å². The van der Waals surface area contributed by atoms with Gasteiger partial charge in [0.05, 0.1) is 0 Å². The van der Waals surface area contributed by atoms with Gasteiger partial charge >= 0.3 is 0 Å². The zero-order valence-electron chi connectivity index (χ0n) is 12.2. The van der Waals surface area contributed by atoms with Gasteiger partial charge in [0.15, 0.2) is 0 Å². The second-order valence-corrected chi connectivity index (χ2v) is 7.41. The van der Waals surface area contributed by atoms with Crippen molar-refractivity contribution in [2.45, 2.75) is 57.8 Å². The Kier molecular flexibility index (Phi) is 4.34. The normalized spacial score (nSPS) is 24.2. The van der Waals surface area contributed by atoms with Crippen molar-refractivity contribution in [3.63, 3.8) is 0 Å². The van der Waals surface area contributed by atoms with Crippen molar-refractivity contribution in [2.24, 2.45) is 5.92 Å². The Morgan fingerprint density at radius 2 is 2.05 bits per heavy atom. The van der Waals surface area contributed by atoms with E-state index in [0.29, 0.717) is 17.7 Å². The summed E-state index contributed by atoms with van der Waals surface area (Å²) < 4.78 is 0. The minimum atomic E-state index is 0.364. The molecule has 1 saturated carbocycles. The number of hydrogen-bond donors (Lipinski definition) is 0. The molecular weight excluding hydrogens is 270 g/mol. The minimum Gasteiger partial charge on any atom is -0.342 e. The first-order valence-electron chi connectivity index (χ1n) is 7.80. The van der Waals surface area contributed by atoms with Crippen LogP contribution in [-0.2, 0) is 4.79 Å². The smallest absolute Gasteiger partial charge is 0.222 e. The molecule has 0 unspecified atom stereocenters. The Morgan fingerprint density at radius 3 is 2.75 bits per heavy atom. The number of nitrogens with zero attached hydrogens (tertiary/aromatic N) is 3. The number of likely N-dealkylation sites (tertiary alicyclic amines) is 1. The largest absolute Gasteiger partial charge is 0.342 e.